The minimum atomic E-state index is -2.61. The maximum absolute atomic E-state index is 15.4. The van der Waals surface area contributed by atoms with E-state index in [4.69, 9.17) is 14.2 Å². The van der Waals surface area contributed by atoms with Gasteiger partial charge < -0.3 is 14.2 Å². The summed E-state index contributed by atoms with van der Waals surface area (Å²) >= 11 is 0. The van der Waals surface area contributed by atoms with Crippen LogP contribution in [0.15, 0.2) is 6.07 Å². The molecule has 1 aromatic rings. The average Bonchev–Trinajstić information content (AvgIpc) is 2.63. The molecule has 0 bridgehead atoms. The van der Waals surface area contributed by atoms with Gasteiger partial charge >= 0.3 is 0 Å². The van der Waals surface area contributed by atoms with Crippen LogP contribution >= 0.6 is 0 Å². The van der Waals surface area contributed by atoms with Crippen LogP contribution in [0.4, 0.5) is 13.2 Å². The number of ether oxygens (including phenoxy) is 3. The Morgan fingerprint density at radius 2 is 1.93 bits per heavy atom. The van der Waals surface area contributed by atoms with Crippen molar-refractivity contribution in [2.45, 2.75) is 76.5 Å². The van der Waals surface area contributed by atoms with Crippen LogP contribution in [0.1, 0.15) is 63.6 Å². The van der Waals surface area contributed by atoms with Gasteiger partial charge in [0, 0.05) is 37.9 Å². The van der Waals surface area contributed by atoms with E-state index in [1.54, 1.807) is 0 Å². The number of piperidine rings is 1. The first-order chi connectivity index (χ1) is 14.1. The van der Waals surface area contributed by atoms with Gasteiger partial charge in [-0.2, -0.15) is 0 Å². The largest absolute Gasteiger partial charge is 0.493 e. The molecule has 1 aliphatic carbocycles. The van der Waals surface area contributed by atoms with Crippen LogP contribution in [0, 0.1) is 11.7 Å². The molecule has 1 saturated heterocycles. The summed E-state index contributed by atoms with van der Waals surface area (Å²) in [6.07, 6.45) is 2.19. The van der Waals surface area contributed by atoms with E-state index in [0.29, 0.717) is 17.7 Å². The fourth-order valence-corrected chi connectivity index (χ4v) is 5.06. The van der Waals surface area contributed by atoms with Crippen molar-refractivity contribution in [1.29, 1.82) is 0 Å². The highest BCUT2D eigenvalue weighted by molar-refractivity contribution is 5.51. The minimum Gasteiger partial charge on any atom is -0.493 e. The Bertz CT molecular complexity index is 785. The smallest absolute Gasteiger partial charge is 0.248 e. The lowest BCUT2D eigenvalue weighted by atomic mass is 9.82. The highest BCUT2D eigenvalue weighted by atomic mass is 19.3. The van der Waals surface area contributed by atoms with Gasteiger partial charge in [-0.15, -0.1) is 0 Å². The first-order valence-corrected chi connectivity index (χ1v) is 10.9. The predicted octanol–water partition coefficient (Wildman–Crippen LogP) is 5.14. The molecule has 1 aromatic carbocycles. The van der Waals surface area contributed by atoms with Gasteiger partial charge in [-0.25, -0.2) is 13.2 Å². The van der Waals surface area contributed by atoms with Crippen molar-refractivity contribution in [3.05, 3.63) is 23.0 Å². The topological polar surface area (TPSA) is 30.9 Å². The monoisotopic (exact) mass is 427 g/mol. The SMILES string of the molecule is COc1cc2c(c(F)c1OCC1CC(F)(F)C1)CCN1CC(OC(C)(C)C)CCC21. The maximum Gasteiger partial charge on any atom is 0.248 e. The molecule has 2 aliphatic heterocycles. The van der Waals surface area contributed by atoms with Gasteiger partial charge in [-0.05, 0) is 57.2 Å². The summed E-state index contributed by atoms with van der Waals surface area (Å²) in [6.45, 7) is 7.88. The van der Waals surface area contributed by atoms with Gasteiger partial charge in [0.15, 0.2) is 17.3 Å². The van der Waals surface area contributed by atoms with E-state index >= 15 is 4.39 Å². The quantitative estimate of drug-likeness (QED) is 0.652. The molecule has 2 atom stereocenters. The molecule has 2 fully saturated rings. The van der Waals surface area contributed by atoms with Crippen molar-refractivity contribution >= 4 is 0 Å². The van der Waals surface area contributed by atoms with Crippen LogP contribution in [0.3, 0.4) is 0 Å². The van der Waals surface area contributed by atoms with E-state index in [0.717, 1.165) is 31.5 Å². The summed E-state index contributed by atoms with van der Waals surface area (Å²) in [4.78, 5) is 2.37. The Morgan fingerprint density at radius 3 is 2.57 bits per heavy atom. The van der Waals surface area contributed by atoms with E-state index in [-0.39, 0.29) is 48.9 Å². The molecular weight excluding hydrogens is 395 g/mol. The fourth-order valence-electron chi connectivity index (χ4n) is 5.06. The van der Waals surface area contributed by atoms with Crippen LogP contribution in [0.5, 0.6) is 11.5 Å². The van der Waals surface area contributed by atoms with Crippen molar-refractivity contribution in [1.82, 2.24) is 4.90 Å². The standard InChI is InChI=1S/C23H32F3NO3/c1-22(2,3)30-15-5-6-18-17-9-19(28-4)21(29-13-14-10-23(25,26)11-14)20(24)16(17)7-8-27(18)12-15/h9,14-15,18H,5-8,10-13H2,1-4H3. The van der Waals surface area contributed by atoms with Crippen LogP contribution < -0.4 is 9.47 Å². The van der Waals surface area contributed by atoms with Gasteiger partial charge in [-0.3, -0.25) is 4.90 Å². The second-order valence-electron chi connectivity index (χ2n) is 9.92. The van der Waals surface area contributed by atoms with Crippen molar-refractivity contribution in [2.24, 2.45) is 5.92 Å². The third kappa shape index (κ3) is 4.42. The maximum atomic E-state index is 15.4. The minimum absolute atomic E-state index is 0.0599. The van der Waals surface area contributed by atoms with Gasteiger partial charge in [0.25, 0.3) is 0 Å². The Balaban J connectivity index is 1.50. The number of nitrogens with zero attached hydrogens (tertiary/aromatic N) is 1. The molecule has 168 valence electrons. The van der Waals surface area contributed by atoms with Crippen LogP contribution in [0.25, 0.3) is 0 Å². The van der Waals surface area contributed by atoms with E-state index in [1.807, 2.05) is 6.07 Å². The third-order valence-corrected chi connectivity index (χ3v) is 6.35. The van der Waals surface area contributed by atoms with Gasteiger partial charge in [0.2, 0.25) is 5.92 Å². The first kappa shape index (κ1) is 21.8. The van der Waals surface area contributed by atoms with Crippen molar-refractivity contribution in [2.75, 3.05) is 26.8 Å². The van der Waals surface area contributed by atoms with Crippen molar-refractivity contribution < 1.29 is 27.4 Å². The van der Waals surface area contributed by atoms with Crippen LogP contribution in [-0.2, 0) is 11.2 Å². The summed E-state index contributed by atoms with van der Waals surface area (Å²) in [5.41, 5.74) is 1.44. The number of hydrogen-bond donors (Lipinski definition) is 0. The third-order valence-electron chi connectivity index (χ3n) is 6.35. The Morgan fingerprint density at radius 1 is 1.20 bits per heavy atom. The molecule has 0 radical (unpaired) electrons. The Labute approximate surface area is 176 Å². The lowest BCUT2D eigenvalue weighted by molar-refractivity contribution is -0.119. The zero-order valence-corrected chi connectivity index (χ0v) is 18.3. The number of methoxy groups -OCH3 is 1. The normalized spacial score (nSPS) is 26.5. The Hall–Kier alpha value is -1.47. The highest BCUT2D eigenvalue weighted by Gasteiger charge is 2.46. The molecule has 30 heavy (non-hydrogen) atoms. The number of rotatable bonds is 5. The molecule has 1 saturated carbocycles. The summed E-state index contributed by atoms with van der Waals surface area (Å²) in [7, 11) is 1.49. The molecule has 0 amide bonds. The lowest BCUT2D eigenvalue weighted by Gasteiger charge is -2.45. The molecule has 2 heterocycles. The zero-order chi connectivity index (χ0) is 21.7. The fraction of sp³-hybridized carbons (Fsp3) is 0.739. The first-order valence-electron chi connectivity index (χ1n) is 10.9. The van der Waals surface area contributed by atoms with Crippen LogP contribution in [-0.4, -0.2) is 49.3 Å². The molecule has 4 nitrogen and oxygen atoms in total. The molecule has 3 aliphatic rings. The second-order valence-corrected chi connectivity index (χ2v) is 9.92. The second kappa shape index (κ2) is 7.90. The summed E-state index contributed by atoms with van der Waals surface area (Å²) in [5.74, 6) is -2.85. The van der Waals surface area contributed by atoms with Crippen molar-refractivity contribution in [3.8, 4) is 11.5 Å². The van der Waals surface area contributed by atoms with Gasteiger partial charge in [0.1, 0.15) is 0 Å². The molecule has 4 rings (SSSR count). The van der Waals surface area contributed by atoms with Crippen LogP contribution in [0.2, 0.25) is 0 Å². The summed E-state index contributed by atoms with van der Waals surface area (Å²) < 4.78 is 58.8. The molecule has 0 spiro atoms. The molecular formula is C23H32F3NO3. The van der Waals surface area contributed by atoms with Gasteiger partial charge in [0.05, 0.1) is 25.4 Å². The molecule has 2 unspecified atom stereocenters. The molecule has 0 N–H and O–H groups in total. The van der Waals surface area contributed by atoms with E-state index in [2.05, 4.69) is 25.7 Å². The van der Waals surface area contributed by atoms with Crippen molar-refractivity contribution in [3.63, 3.8) is 0 Å². The van der Waals surface area contributed by atoms with Gasteiger partial charge in [-0.1, -0.05) is 0 Å². The Kier molecular flexibility index (Phi) is 5.73. The number of halogens is 3. The lowest BCUT2D eigenvalue weighted by Crippen LogP contribution is -2.47. The summed E-state index contributed by atoms with van der Waals surface area (Å²) in [6, 6.07) is 2.02. The number of alkyl halides is 2. The highest BCUT2D eigenvalue weighted by Crippen LogP contribution is 2.46. The number of hydrogen-bond acceptors (Lipinski definition) is 4. The predicted molar refractivity (Wildman–Crippen MR) is 108 cm³/mol. The van der Waals surface area contributed by atoms with E-state index in [9.17, 15) is 8.78 Å². The average molecular weight is 428 g/mol. The van der Waals surface area contributed by atoms with E-state index < -0.39 is 11.7 Å². The molecule has 0 aromatic heterocycles. The molecule has 7 heteroatoms. The summed E-state index contributed by atoms with van der Waals surface area (Å²) in [5, 5.41) is 0. The van der Waals surface area contributed by atoms with E-state index in [1.165, 1.54) is 7.11 Å². The number of benzene rings is 1. The zero-order valence-electron chi connectivity index (χ0n) is 18.3. The number of fused-ring (bicyclic) bond motifs is 3.